The highest BCUT2D eigenvalue weighted by molar-refractivity contribution is 7.12. The molecule has 3 heterocycles. The van der Waals surface area contributed by atoms with Gasteiger partial charge in [-0.15, -0.1) is 21.6 Å². The molecule has 1 aliphatic heterocycles. The van der Waals surface area contributed by atoms with Gasteiger partial charge in [0.2, 0.25) is 5.88 Å². The van der Waals surface area contributed by atoms with Crippen molar-refractivity contribution in [3.05, 3.63) is 46.7 Å². The Labute approximate surface area is 215 Å². The van der Waals surface area contributed by atoms with Crippen LogP contribution in [0.4, 0.5) is 5.69 Å². The maximum atomic E-state index is 12.3. The number of rotatable bonds is 7. The van der Waals surface area contributed by atoms with Gasteiger partial charge in [-0.2, -0.15) is 0 Å². The van der Waals surface area contributed by atoms with Crippen molar-refractivity contribution in [3.8, 4) is 5.88 Å². The predicted octanol–water partition coefficient (Wildman–Crippen LogP) is 6.32. The molecule has 0 radical (unpaired) electrons. The lowest BCUT2D eigenvalue weighted by molar-refractivity contribution is -0.122. The Kier molecular flexibility index (Phi) is 6.46. The molecule has 1 aliphatic carbocycles. The first-order chi connectivity index (χ1) is 17.1. The van der Waals surface area contributed by atoms with Gasteiger partial charge < -0.3 is 9.94 Å². The van der Waals surface area contributed by atoms with E-state index in [0.29, 0.717) is 34.9 Å². The highest BCUT2D eigenvalue weighted by Crippen LogP contribution is 2.53. The number of nitrogens with zero attached hydrogens (tertiary/aromatic N) is 5. The number of amides is 1. The van der Waals surface area contributed by atoms with Crippen LogP contribution in [0.25, 0.3) is 10.9 Å². The van der Waals surface area contributed by atoms with Gasteiger partial charge in [0.15, 0.2) is 12.3 Å². The minimum absolute atomic E-state index is 0.0195. The molecule has 2 fully saturated rings. The Morgan fingerprint density at radius 1 is 1.19 bits per heavy atom. The Hall–Kier alpha value is -3.04. The topological polar surface area (TPSA) is 91.8 Å². The zero-order chi connectivity index (χ0) is 25.5. The highest BCUT2D eigenvalue weighted by atomic mass is 32.1. The number of thiophene rings is 1. The number of likely N-dealkylation sites (tertiary alicyclic amines) is 1. The molecule has 2 aromatic heterocycles. The molecule has 0 unspecified atom stereocenters. The fourth-order valence-corrected chi connectivity index (χ4v) is 6.95. The van der Waals surface area contributed by atoms with Crippen LogP contribution in [0, 0.1) is 10.8 Å². The van der Waals surface area contributed by atoms with Crippen LogP contribution in [0.5, 0.6) is 5.88 Å². The first kappa shape index (κ1) is 24.6. The second-order valence-corrected chi connectivity index (χ2v) is 12.2. The molecule has 1 N–H and O–H groups in total. The molecule has 190 valence electrons. The number of aromatic nitrogens is 1. The Balaban J connectivity index is 1.33. The zero-order valence-electron chi connectivity index (χ0n) is 21.3. The van der Waals surface area contributed by atoms with E-state index < -0.39 is 5.91 Å². The average molecular weight is 508 g/mol. The molecule has 5 rings (SSSR count). The van der Waals surface area contributed by atoms with Crippen LogP contribution < -0.4 is 0 Å². The molecule has 3 aromatic rings. The van der Waals surface area contributed by atoms with E-state index in [9.17, 15) is 9.90 Å². The van der Waals surface area contributed by atoms with Crippen molar-refractivity contribution in [2.75, 3.05) is 13.2 Å². The molecule has 2 atom stereocenters. The molecule has 2 aliphatic rings. The smallest absolute Gasteiger partial charge is 0.304 e. The monoisotopic (exact) mass is 507 g/mol. The van der Waals surface area contributed by atoms with Crippen LogP contribution in [0.2, 0.25) is 0 Å². The average Bonchev–Trinajstić information content (AvgIpc) is 3.49. The van der Waals surface area contributed by atoms with Crippen LogP contribution in [0.3, 0.4) is 0 Å². The van der Waals surface area contributed by atoms with Crippen molar-refractivity contribution in [2.24, 2.45) is 26.2 Å². The van der Waals surface area contributed by atoms with E-state index >= 15 is 0 Å². The van der Waals surface area contributed by atoms with Gasteiger partial charge in [0.25, 0.3) is 0 Å². The molecule has 36 heavy (non-hydrogen) atoms. The molecule has 1 saturated heterocycles. The number of hydrogen-bond acceptors (Lipinski definition) is 7. The van der Waals surface area contributed by atoms with Crippen LogP contribution in [-0.2, 0) is 16.3 Å². The quantitative estimate of drug-likeness (QED) is 0.230. The number of benzene rings is 1. The summed E-state index contributed by atoms with van der Waals surface area (Å²) in [6.07, 6.45) is 3.55. The van der Waals surface area contributed by atoms with Crippen molar-refractivity contribution < 1.29 is 14.7 Å². The number of hydrogen-bond donors (Lipinski definition) is 1. The van der Waals surface area contributed by atoms with Gasteiger partial charge in [-0.3, -0.25) is 14.3 Å². The maximum Gasteiger partial charge on any atom is 0.304 e. The van der Waals surface area contributed by atoms with E-state index in [-0.39, 0.29) is 12.5 Å². The summed E-state index contributed by atoms with van der Waals surface area (Å²) in [5.41, 5.74) is 2.48. The van der Waals surface area contributed by atoms with E-state index in [1.165, 1.54) is 12.8 Å². The van der Waals surface area contributed by atoms with Crippen LogP contribution in [0.1, 0.15) is 51.8 Å². The second kappa shape index (κ2) is 9.44. The van der Waals surface area contributed by atoms with Crippen LogP contribution >= 0.6 is 11.3 Å². The van der Waals surface area contributed by atoms with Gasteiger partial charge in [0.05, 0.1) is 22.8 Å². The summed E-state index contributed by atoms with van der Waals surface area (Å²) in [5.74, 6) is -0.552. The SMILES string of the molecule is C/C(=N/OCC(=O)N=Nc1c(O)n(CN2C[C@]3(C)C[C@@H]2CC(C)(C)C3)c2ccccc12)c1cccs1. The van der Waals surface area contributed by atoms with Crippen molar-refractivity contribution in [1.29, 1.82) is 0 Å². The van der Waals surface area contributed by atoms with E-state index in [4.69, 9.17) is 4.84 Å². The first-order valence-corrected chi connectivity index (χ1v) is 13.2. The van der Waals surface area contributed by atoms with Crippen LogP contribution in [-0.4, -0.2) is 45.4 Å². The summed E-state index contributed by atoms with van der Waals surface area (Å²) in [4.78, 5) is 20.9. The van der Waals surface area contributed by atoms with E-state index in [1.54, 1.807) is 11.3 Å². The van der Waals surface area contributed by atoms with Crippen LogP contribution in [0.15, 0.2) is 57.2 Å². The third kappa shape index (κ3) is 4.95. The lowest BCUT2D eigenvalue weighted by atomic mass is 9.65. The summed E-state index contributed by atoms with van der Waals surface area (Å²) in [6.45, 7) is 10.2. The molecule has 8 nitrogen and oxygen atoms in total. The van der Waals surface area contributed by atoms with Gasteiger partial charge >= 0.3 is 5.91 Å². The number of oxime groups is 1. The van der Waals surface area contributed by atoms with Gasteiger partial charge in [0, 0.05) is 18.0 Å². The summed E-state index contributed by atoms with van der Waals surface area (Å²) in [5, 5.41) is 25.8. The third-order valence-corrected chi connectivity index (χ3v) is 8.27. The molecule has 2 bridgehead atoms. The zero-order valence-corrected chi connectivity index (χ0v) is 22.1. The fourth-order valence-electron chi connectivity index (χ4n) is 6.29. The molecule has 1 amide bonds. The molecular formula is C27H33N5O3S. The van der Waals surface area contributed by atoms with E-state index in [2.05, 4.69) is 41.1 Å². The van der Waals surface area contributed by atoms with Gasteiger partial charge in [-0.1, -0.05) is 50.2 Å². The number of carbonyl (C=O) groups excluding carboxylic acids is 1. The van der Waals surface area contributed by atoms with Gasteiger partial charge in [-0.25, -0.2) is 0 Å². The minimum Gasteiger partial charge on any atom is -0.493 e. The Bertz CT molecular complexity index is 1330. The largest absolute Gasteiger partial charge is 0.493 e. The number of fused-ring (bicyclic) bond motifs is 3. The minimum atomic E-state index is -0.572. The van der Waals surface area contributed by atoms with Crippen molar-refractivity contribution >= 4 is 39.5 Å². The summed E-state index contributed by atoms with van der Waals surface area (Å²) >= 11 is 1.55. The van der Waals surface area contributed by atoms with Crippen molar-refractivity contribution in [2.45, 2.75) is 59.7 Å². The molecular weight excluding hydrogens is 474 g/mol. The first-order valence-electron chi connectivity index (χ1n) is 12.3. The predicted molar refractivity (Wildman–Crippen MR) is 142 cm³/mol. The molecule has 9 heteroatoms. The van der Waals surface area contributed by atoms with Gasteiger partial charge in [-0.05, 0) is 54.5 Å². The summed E-state index contributed by atoms with van der Waals surface area (Å²) in [7, 11) is 0. The fraction of sp³-hybridized carbons (Fsp3) is 0.481. The summed E-state index contributed by atoms with van der Waals surface area (Å²) in [6, 6.07) is 12.0. The normalized spacial score (nSPS) is 24.1. The van der Waals surface area contributed by atoms with Crippen molar-refractivity contribution in [3.63, 3.8) is 0 Å². The second-order valence-electron chi connectivity index (χ2n) is 11.2. The molecule has 1 saturated carbocycles. The standard InChI is InChI=1S/C27H33N5O3S/c1-18(22-10-7-11-36-22)30-35-14-23(33)28-29-24-20-8-5-6-9-21(20)32(25(24)34)17-31-16-27(4)13-19(31)12-26(2,3)15-27/h5-11,19,34H,12-17H2,1-4H3/b29-28?,30-18-/t19-,27+/m0/s1. The molecule has 0 spiro atoms. The highest BCUT2D eigenvalue weighted by Gasteiger charge is 2.49. The van der Waals surface area contributed by atoms with E-state index in [1.807, 2.05) is 53.3 Å². The lowest BCUT2D eigenvalue weighted by Crippen LogP contribution is -2.35. The van der Waals surface area contributed by atoms with Crippen molar-refractivity contribution in [1.82, 2.24) is 9.47 Å². The number of para-hydroxylation sites is 1. The maximum absolute atomic E-state index is 12.3. The Morgan fingerprint density at radius 3 is 2.78 bits per heavy atom. The van der Waals surface area contributed by atoms with Gasteiger partial charge in [0.1, 0.15) is 0 Å². The molecule has 1 aromatic carbocycles. The Morgan fingerprint density at radius 2 is 2.00 bits per heavy atom. The summed E-state index contributed by atoms with van der Waals surface area (Å²) < 4.78 is 1.89. The number of aromatic hydroxyl groups is 1. The van der Waals surface area contributed by atoms with E-state index in [0.717, 1.165) is 28.7 Å². The lowest BCUT2D eigenvalue weighted by Gasteiger charge is -2.40. The number of carbonyl (C=O) groups is 1. The third-order valence-electron chi connectivity index (χ3n) is 7.29. The number of azo groups is 1.